The molecular formula is C20H38O4. The van der Waals surface area contributed by atoms with Crippen LogP contribution in [-0.4, -0.2) is 24.1 Å². The van der Waals surface area contributed by atoms with Crippen LogP contribution in [0.1, 0.15) is 98.8 Å². The van der Waals surface area contributed by atoms with Crippen LogP contribution in [0.2, 0.25) is 0 Å². The fourth-order valence-corrected chi connectivity index (χ4v) is 2.61. The molecule has 0 bridgehead atoms. The Labute approximate surface area is 148 Å². The minimum atomic E-state index is -0.784. The smallest absolute Gasteiger partial charge is 0.320 e. The summed E-state index contributed by atoms with van der Waals surface area (Å²) in [6, 6.07) is 0. The molecule has 0 saturated heterocycles. The molecule has 24 heavy (non-hydrogen) atoms. The third-order valence-electron chi connectivity index (χ3n) is 3.86. The van der Waals surface area contributed by atoms with E-state index in [9.17, 15) is 9.59 Å². The molecular weight excluding hydrogens is 304 g/mol. The maximum Gasteiger partial charge on any atom is 0.320 e. The number of carbonyl (C=O) groups is 2. The first kappa shape index (κ1) is 22.9. The lowest BCUT2D eigenvalue weighted by Crippen LogP contribution is -2.33. The zero-order valence-electron chi connectivity index (χ0n) is 16.5. The highest BCUT2D eigenvalue weighted by molar-refractivity contribution is 5.95. The normalized spacial score (nSPS) is 12.7. The van der Waals surface area contributed by atoms with Crippen LogP contribution in [0.15, 0.2) is 0 Å². The van der Waals surface area contributed by atoms with Gasteiger partial charge in [0.05, 0.1) is 6.61 Å². The highest BCUT2D eigenvalue weighted by Crippen LogP contribution is 2.19. The van der Waals surface area contributed by atoms with E-state index in [0.717, 1.165) is 19.3 Å². The standard InChI is InChI=1S/C20H38O4/c1-6-8-9-10-11-12-13-14-15-16-17(18(21)23-7-2)19(22)24-20(3,4)5/h17H,6-16H2,1-5H3. The Hall–Kier alpha value is -1.06. The van der Waals surface area contributed by atoms with E-state index in [1.54, 1.807) is 6.92 Å². The molecule has 0 aliphatic rings. The number of ether oxygens (including phenoxy) is 2. The summed E-state index contributed by atoms with van der Waals surface area (Å²) in [5.41, 5.74) is -0.583. The summed E-state index contributed by atoms with van der Waals surface area (Å²) in [5.74, 6) is -1.69. The summed E-state index contributed by atoms with van der Waals surface area (Å²) < 4.78 is 10.4. The van der Waals surface area contributed by atoms with Crippen molar-refractivity contribution in [2.24, 2.45) is 5.92 Å². The van der Waals surface area contributed by atoms with Crippen LogP contribution >= 0.6 is 0 Å². The molecule has 0 spiro atoms. The van der Waals surface area contributed by atoms with Crippen LogP contribution in [0.4, 0.5) is 0 Å². The molecule has 0 amide bonds. The minimum absolute atomic E-state index is 0.288. The number of hydrogen-bond acceptors (Lipinski definition) is 4. The first-order chi connectivity index (χ1) is 11.3. The molecule has 0 heterocycles. The largest absolute Gasteiger partial charge is 0.465 e. The van der Waals surface area contributed by atoms with E-state index in [0.29, 0.717) is 6.42 Å². The lowest BCUT2D eigenvalue weighted by atomic mass is 9.99. The first-order valence-electron chi connectivity index (χ1n) is 9.71. The van der Waals surface area contributed by atoms with Gasteiger partial charge in [-0.05, 0) is 34.1 Å². The van der Waals surface area contributed by atoms with Gasteiger partial charge in [-0.25, -0.2) is 0 Å². The van der Waals surface area contributed by atoms with E-state index >= 15 is 0 Å². The second kappa shape index (κ2) is 13.3. The van der Waals surface area contributed by atoms with Crippen LogP contribution in [0.25, 0.3) is 0 Å². The summed E-state index contributed by atoms with van der Waals surface area (Å²) >= 11 is 0. The van der Waals surface area contributed by atoms with Crippen molar-refractivity contribution in [1.29, 1.82) is 0 Å². The van der Waals surface area contributed by atoms with Crippen LogP contribution in [0.5, 0.6) is 0 Å². The Morgan fingerprint density at radius 2 is 1.29 bits per heavy atom. The van der Waals surface area contributed by atoms with Gasteiger partial charge < -0.3 is 9.47 Å². The van der Waals surface area contributed by atoms with Gasteiger partial charge in [-0.2, -0.15) is 0 Å². The Morgan fingerprint density at radius 1 is 0.792 bits per heavy atom. The van der Waals surface area contributed by atoms with E-state index in [4.69, 9.17) is 9.47 Å². The minimum Gasteiger partial charge on any atom is -0.465 e. The molecule has 0 fully saturated rings. The van der Waals surface area contributed by atoms with Crippen molar-refractivity contribution in [1.82, 2.24) is 0 Å². The van der Waals surface area contributed by atoms with Crippen molar-refractivity contribution in [3.8, 4) is 0 Å². The molecule has 0 aromatic carbocycles. The average molecular weight is 343 g/mol. The number of esters is 2. The number of unbranched alkanes of at least 4 members (excludes halogenated alkanes) is 8. The Kier molecular flexibility index (Phi) is 12.7. The Morgan fingerprint density at radius 3 is 1.75 bits per heavy atom. The highest BCUT2D eigenvalue weighted by atomic mass is 16.6. The van der Waals surface area contributed by atoms with Crippen LogP contribution in [0, 0.1) is 5.92 Å². The van der Waals surface area contributed by atoms with Crippen LogP contribution in [0.3, 0.4) is 0 Å². The van der Waals surface area contributed by atoms with E-state index in [1.165, 1.54) is 38.5 Å². The first-order valence-corrected chi connectivity index (χ1v) is 9.71. The van der Waals surface area contributed by atoms with Gasteiger partial charge in [-0.3, -0.25) is 9.59 Å². The molecule has 0 aromatic heterocycles. The summed E-state index contributed by atoms with van der Waals surface area (Å²) in [7, 11) is 0. The molecule has 4 heteroatoms. The van der Waals surface area contributed by atoms with Gasteiger partial charge in [0.15, 0.2) is 5.92 Å². The number of hydrogen-bond donors (Lipinski definition) is 0. The lowest BCUT2D eigenvalue weighted by Gasteiger charge is -2.23. The average Bonchev–Trinajstić information content (AvgIpc) is 2.47. The molecule has 0 aliphatic heterocycles. The van der Waals surface area contributed by atoms with E-state index in [-0.39, 0.29) is 6.61 Å². The monoisotopic (exact) mass is 342 g/mol. The fourth-order valence-electron chi connectivity index (χ4n) is 2.61. The van der Waals surface area contributed by atoms with E-state index in [2.05, 4.69) is 6.92 Å². The van der Waals surface area contributed by atoms with Crippen LogP contribution < -0.4 is 0 Å². The SMILES string of the molecule is CCCCCCCCCCCC(C(=O)OCC)C(=O)OC(C)(C)C. The molecule has 0 aromatic rings. The van der Waals surface area contributed by atoms with Crippen LogP contribution in [-0.2, 0) is 19.1 Å². The predicted octanol–water partition coefficient (Wildman–Crippen LogP) is 5.43. The summed E-state index contributed by atoms with van der Waals surface area (Å²) in [4.78, 5) is 24.2. The third-order valence-corrected chi connectivity index (χ3v) is 3.86. The maximum absolute atomic E-state index is 12.2. The zero-order chi connectivity index (χ0) is 18.4. The van der Waals surface area contributed by atoms with Crippen molar-refractivity contribution < 1.29 is 19.1 Å². The van der Waals surface area contributed by atoms with E-state index in [1.807, 2.05) is 20.8 Å². The van der Waals surface area contributed by atoms with Gasteiger partial charge in [0.25, 0.3) is 0 Å². The number of carbonyl (C=O) groups excluding carboxylic acids is 2. The van der Waals surface area contributed by atoms with Crippen molar-refractivity contribution in [3.63, 3.8) is 0 Å². The molecule has 0 rings (SSSR count). The molecule has 0 N–H and O–H groups in total. The second-order valence-electron chi connectivity index (χ2n) is 7.46. The van der Waals surface area contributed by atoms with Gasteiger partial charge in [0.1, 0.15) is 5.60 Å². The highest BCUT2D eigenvalue weighted by Gasteiger charge is 2.31. The second-order valence-corrected chi connectivity index (χ2v) is 7.46. The van der Waals surface area contributed by atoms with Gasteiger partial charge in [0, 0.05) is 0 Å². The van der Waals surface area contributed by atoms with E-state index < -0.39 is 23.5 Å². The Balaban J connectivity index is 4.10. The predicted molar refractivity (Wildman–Crippen MR) is 97.8 cm³/mol. The number of rotatable bonds is 13. The van der Waals surface area contributed by atoms with Gasteiger partial charge in [-0.1, -0.05) is 64.7 Å². The van der Waals surface area contributed by atoms with Crippen molar-refractivity contribution >= 4 is 11.9 Å². The molecule has 142 valence electrons. The van der Waals surface area contributed by atoms with Gasteiger partial charge in [-0.15, -0.1) is 0 Å². The van der Waals surface area contributed by atoms with Crippen molar-refractivity contribution in [3.05, 3.63) is 0 Å². The van der Waals surface area contributed by atoms with Crippen molar-refractivity contribution in [2.75, 3.05) is 6.61 Å². The molecule has 0 radical (unpaired) electrons. The quantitative estimate of drug-likeness (QED) is 0.254. The molecule has 0 saturated carbocycles. The third kappa shape index (κ3) is 12.4. The molecule has 0 aliphatic carbocycles. The summed E-state index contributed by atoms with van der Waals surface area (Å²) in [5, 5.41) is 0. The Bertz CT molecular complexity index is 344. The zero-order valence-corrected chi connectivity index (χ0v) is 16.5. The topological polar surface area (TPSA) is 52.6 Å². The summed E-state index contributed by atoms with van der Waals surface area (Å²) in [6.07, 6.45) is 11.4. The molecule has 4 nitrogen and oxygen atoms in total. The van der Waals surface area contributed by atoms with Gasteiger partial charge >= 0.3 is 11.9 Å². The molecule has 1 atom stereocenters. The molecule has 1 unspecified atom stereocenters. The lowest BCUT2D eigenvalue weighted by molar-refractivity contribution is -0.169. The van der Waals surface area contributed by atoms with Crippen molar-refractivity contribution in [2.45, 2.75) is 104 Å². The maximum atomic E-state index is 12.2. The summed E-state index contributed by atoms with van der Waals surface area (Å²) in [6.45, 7) is 9.70. The van der Waals surface area contributed by atoms with Gasteiger partial charge in [0.2, 0.25) is 0 Å². The fraction of sp³-hybridized carbons (Fsp3) is 0.900.